The summed E-state index contributed by atoms with van der Waals surface area (Å²) >= 11 is 1.46. The molecule has 0 radical (unpaired) electrons. The van der Waals surface area contributed by atoms with Crippen molar-refractivity contribution in [2.75, 3.05) is 16.8 Å². The molecule has 6 rings (SSSR count). The highest BCUT2D eigenvalue weighted by Crippen LogP contribution is 2.40. The van der Waals surface area contributed by atoms with Crippen LogP contribution in [0.3, 0.4) is 0 Å². The van der Waals surface area contributed by atoms with Gasteiger partial charge in [-0.1, -0.05) is 96.7 Å². The Balaban J connectivity index is 1.05. The van der Waals surface area contributed by atoms with Crippen LogP contribution in [0.4, 0.5) is 11.4 Å². The summed E-state index contributed by atoms with van der Waals surface area (Å²) in [6.45, 7) is 0.346. The second kappa shape index (κ2) is 18.5. The zero-order valence-corrected chi connectivity index (χ0v) is 30.2. The van der Waals surface area contributed by atoms with Crippen LogP contribution in [0.2, 0.25) is 0 Å². The Morgan fingerprint density at radius 3 is 2.28 bits per heavy atom. The number of anilines is 2. The Hall–Kier alpha value is -5.20. The van der Waals surface area contributed by atoms with Crippen molar-refractivity contribution < 1.29 is 28.9 Å². The Bertz CT molecular complexity index is 1970. The van der Waals surface area contributed by atoms with Gasteiger partial charge in [-0.15, -0.1) is 0 Å². The van der Waals surface area contributed by atoms with E-state index in [1.54, 1.807) is 24.3 Å². The number of pyridine rings is 1. The Morgan fingerprint density at radius 1 is 0.830 bits per heavy atom. The molecule has 1 fully saturated rings. The second-order valence-electron chi connectivity index (χ2n) is 12.9. The summed E-state index contributed by atoms with van der Waals surface area (Å²) in [5.74, 6) is 0.381. The number of para-hydroxylation sites is 2. The number of hydrogen-bond donors (Lipinski definition) is 4. The smallest absolute Gasteiger partial charge is 0.251 e. The average molecular weight is 733 g/mol. The van der Waals surface area contributed by atoms with Crippen LogP contribution in [0.15, 0.2) is 126 Å². The molecule has 1 aromatic heterocycles. The van der Waals surface area contributed by atoms with Crippen LogP contribution in [0, 0.1) is 5.21 Å². The first-order valence-corrected chi connectivity index (χ1v) is 18.8. The number of nitrogens with zero attached hydrogens (tertiary/aromatic N) is 1. The summed E-state index contributed by atoms with van der Waals surface area (Å²) in [6.07, 6.45) is 2.88. The SMILES string of the molecule is Nc1ccccc1NC(=O)CCCCC(=O)NCc1ccccc1-c1ccc([C@@H]2O[C@H](CSc3cccc[n+]3[O-])C[C@H](c3ccc(CO)cc3)O2)cc1. The zero-order chi connectivity index (χ0) is 37.0. The Kier molecular flexibility index (Phi) is 13.1. The number of hydrogen-bond acceptors (Lipinski definition) is 8. The largest absolute Gasteiger partial charge is 0.618 e. The number of nitrogen functional groups attached to an aromatic ring is 1. The first-order valence-electron chi connectivity index (χ1n) is 17.8. The van der Waals surface area contributed by atoms with Gasteiger partial charge in [-0.25, -0.2) is 0 Å². The lowest BCUT2D eigenvalue weighted by Gasteiger charge is -2.36. The molecule has 0 unspecified atom stereocenters. The van der Waals surface area contributed by atoms with Crippen molar-refractivity contribution in [2.45, 2.75) is 68.8 Å². The van der Waals surface area contributed by atoms with Gasteiger partial charge in [0.25, 0.3) is 5.03 Å². The van der Waals surface area contributed by atoms with Crippen LogP contribution in [-0.4, -0.2) is 28.8 Å². The highest BCUT2D eigenvalue weighted by atomic mass is 32.2. The number of aliphatic hydroxyl groups excluding tert-OH is 1. The molecule has 1 saturated heterocycles. The van der Waals surface area contributed by atoms with Crippen molar-refractivity contribution in [1.29, 1.82) is 0 Å². The Labute approximate surface area is 313 Å². The number of unbranched alkanes of at least 4 members (excludes halogenated alkanes) is 1. The summed E-state index contributed by atoms with van der Waals surface area (Å²) < 4.78 is 13.9. The van der Waals surface area contributed by atoms with Gasteiger partial charge in [0.05, 0.1) is 30.2 Å². The van der Waals surface area contributed by atoms with Gasteiger partial charge in [-0.2, -0.15) is 4.73 Å². The van der Waals surface area contributed by atoms with E-state index in [-0.39, 0.29) is 30.6 Å². The molecule has 0 aliphatic carbocycles. The second-order valence-corrected chi connectivity index (χ2v) is 14.0. The number of benzene rings is 4. The molecule has 2 amide bonds. The van der Waals surface area contributed by atoms with Crippen LogP contribution < -0.4 is 21.1 Å². The molecule has 10 nitrogen and oxygen atoms in total. The minimum absolute atomic E-state index is 0.0289. The molecule has 4 aromatic carbocycles. The van der Waals surface area contributed by atoms with Crippen molar-refractivity contribution >= 4 is 35.0 Å². The van der Waals surface area contributed by atoms with Gasteiger partial charge in [-0.05, 0) is 58.9 Å². The van der Waals surface area contributed by atoms with E-state index in [1.807, 2.05) is 91.0 Å². The number of aromatic nitrogens is 1. The lowest BCUT2D eigenvalue weighted by Crippen LogP contribution is -2.32. The predicted octanol–water partition coefficient (Wildman–Crippen LogP) is 7.21. The fourth-order valence-corrected chi connectivity index (χ4v) is 7.11. The lowest BCUT2D eigenvalue weighted by atomic mass is 9.97. The minimum atomic E-state index is -0.627. The van der Waals surface area contributed by atoms with Gasteiger partial charge in [0.2, 0.25) is 11.8 Å². The van der Waals surface area contributed by atoms with Gasteiger partial charge < -0.3 is 36.2 Å². The van der Waals surface area contributed by atoms with Gasteiger partial charge in [0.1, 0.15) is 0 Å². The first kappa shape index (κ1) is 37.6. The molecule has 0 saturated carbocycles. The fraction of sp³-hybridized carbons (Fsp3) is 0.262. The minimum Gasteiger partial charge on any atom is -0.618 e. The number of carbonyl (C=O) groups is 2. The van der Waals surface area contributed by atoms with Crippen molar-refractivity contribution in [3.05, 3.63) is 149 Å². The molecular formula is C42H44N4O6S. The van der Waals surface area contributed by atoms with Gasteiger partial charge in [0.15, 0.2) is 12.5 Å². The van der Waals surface area contributed by atoms with E-state index in [4.69, 9.17) is 15.2 Å². The number of rotatable bonds is 15. The van der Waals surface area contributed by atoms with E-state index in [1.165, 1.54) is 18.0 Å². The molecule has 53 heavy (non-hydrogen) atoms. The van der Waals surface area contributed by atoms with Gasteiger partial charge in [-0.3, -0.25) is 9.59 Å². The lowest BCUT2D eigenvalue weighted by molar-refractivity contribution is -0.645. The first-order chi connectivity index (χ1) is 25.9. The van der Waals surface area contributed by atoms with Crippen molar-refractivity contribution in [3.63, 3.8) is 0 Å². The molecule has 11 heteroatoms. The standard InChI is InChI=1S/C42H44N4O6S/c43-36-11-3-4-12-37(36)45-40(49)14-6-5-13-39(48)44-26-33-9-1-2-10-35(33)30-20-22-32(23-21-30)42-51-34(28-53-41-15-7-8-24-46(41)50)25-38(52-42)31-18-16-29(27-47)17-19-31/h1-4,7-12,15-24,34,38,42,47H,5-6,13-14,25-28,43H2,(H,44,48)(H,45,49)/t34-,38+,42+/m0/s1. The Morgan fingerprint density at radius 2 is 1.53 bits per heavy atom. The molecule has 3 atom stereocenters. The van der Waals surface area contributed by atoms with Crippen LogP contribution >= 0.6 is 11.8 Å². The third-order valence-corrected chi connectivity index (χ3v) is 10.3. The molecule has 5 aromatic rings. The van der Waals surface area contributed by atoms with Crippen LogP contribution in [0.5, 0.6) is 0 Å². The van der Waals surface area contributed by atoms with Gasteiger partial charge >= 0.3 is 0 Å². The average Bonchev–Trinajstić information content (AvgIpc) is 3.19. The number of carbonyl (C=O) groups excluding carboxylic acids is 2. The van der Waals surface area contributed by atoms with Crippen LogP contribution in [0.25, 0.3) is 11.1 Å². The van der Waals surface area contributed by atoms with E-state index < -0.39 is 6.29 Å². The highest BCUT2D eigenvalue weighted by molar-refractivity contribution is 7.99. The van der Waals surface area contributed by atoms with E-state index in [2.05, 4.69) is 10.6 Å². The molecular weight excluding hydrogens is 689 g/mol. The maximum atomic E-state index is 12.7. The maximum Gasteiger partial charge on any atom is 0.251 e. The monoisotopic (exact) mass is 732 g/mol. The van der Waals surface area contributed by atoms with E-state index >= 15 is 0 Å². The molecule has 274 valence electrons. The fourth-order valence-electron chi connectivity index (χ4n) is 6.18. The van der Waals surface area contributed by atoms with E-state index in [9.17, 15) is 19.9 Å². The highest BCUT2D eigenvalue weighted by Gasteiger charge is 2.32. The van der Waals surface area contributed by atoms with Crippen LogP contribution in [-0.2, 0) is 32.2 Å². The molecule has 1 aliphatic heterocycles. The summed E-state index contributed by atoms with van der Waals surface area (Å²) in [7, 11) is 0. The number of nitrogens with two attached hydrogens (primary N) is 1. The summed E-state index contributed by atoms with van der Waals surface area (Å²) in [4.78, 5) is 25.0. The van der Waals surface area contributed by atoms with Crippen molar-refractivity contribution in [1.82, 2.24) is 5.32 Å². The van der Waals surface area contributed by atoms with E-state index in [0.29, 0.717) is 60.8 Å². The number of ether oxygens (including phenoxy) is 2. The van der Waals surface area contributed by atoms with Crippen LogP contribution in [0.1, 0.15) is 66.8 Å². The number of nitrogens with one attached hydrogen (secondary N) is 2. The third kappa shape index (κ3) is 10.5. The number of aliphatic hydroxyl groups is 1. The normalized spacial score (nSPS) is 16.9. The predicted molar refractivity (Wildman–Crippen MR) is 206 cm³/mol. The summed E-state index contributed by atoms with van der Waals surface area (Å²) in [5, 5.41) is 28.3. The van der Waals surface area contributed by atoms with E-state index in [0.717, 1.165) is 38.1 Å². The quantitative estimate of drug-likeness (QED) is 0.0290. The topological polar surface area (TPSA) is 150 Å². The molecule has 0 spiro atoms. The number of thioether (sulfide) groups is 1. The summed E-state index contributed by atoms with van der Waals surface area (Å²) in [5.41, 5.74) is 12.7. The molecule has 2 heterocycles. The summed E-state index contributed by atoms with van der Waals surface area (Å²) in [6, 6.07) is 36.3. The molecule has 1 aliphatic rings. The van der Waals surface area contributed by atoms with Gasteiger partial charge in [0, 0.05) is 49.3 Å². The van der Waals surface area contributed by atoms with Crippen molar-refractivity contribution in [3.8, 4) is 11.1 Å². The van der Waals surface area contributed by atoms with Crippen molar-refractivity contribution in [2.24, 2.45) is 0 Å². The zero-order valence-electron chi connectivity index (χ0n) is 29.4. The molecule has 5 N–H and O–H groups in total. The molecule has 0 bridgehead atoms. The maximum absolute atomic E-state index is 12.7. The number of amides is 2. The third-order valence-electron chi connectivity index (χ3n) is 9.10.